The van der Waals surface area contributed by atoms with Crippen LogP contribution in [0.15, 0.2) is 18.2 Å². The minimum Gasteiger partial charge on any atom is -0.493 e. The van der Waals surface area contributed by atoms with E-state index < -0.39 is 5.97 Å². The number of aryl methyl sites for hydroxylation is 3. The zero-order valence-corrected chi connectivity index (χ0v) is 17.7. The fourth-order valence-electron chi connectivity index (χ4n) is 3.75. The monoisotopic (exact) mass is 399 g/mol. The van der Waals surface area contributed by atoms with Gasteiger partial charge in [-0.25, -0.2) is 4.79 Å². The lowest BCUT2D eigenvalue weighted by molar-refractivity contribution is -0.132. The summed E-state index contributed by atoms with van der Waals surface area (Å²) in [5.74, 6) is 0.539. The van der Waals surface area contributed by atoms with E-state index in [9.17, 15) is 9.59 Å². The number of fused-ring (bicyclic) bond motifs is 1. The number of ether oxygens (including phenoxy) is 2. The molecule has 0 radical (unpaired) electrons. The molecule has 1 aromatic heterocycles. The van der Waals surface area contributed by atoms with Crippen molar-refractivity contribution in [2.24, 2.45) is 7.05 Å². The summed E-state index contributed by atoms with van der Waals surface area (Å²) in [6.07, 6.45) is 1.74. The van der Waals surface area contributed by atoms with E-state index in [-0.39, 0.29) is 5.91 Å². The van der Waals surface area contributed by atoms with Crippen LogP contribution >= 0.6 is 0 Å². The molecule has 3 rings (SSSR count). The van der Waals surface area contributed by atoms with E-state index in [2.05, 4.69) is 5.10 Å². The molecule has 1 aliphatic heterocycles. The summed E-state index contributed by atoms with van der Waals surface area (Å²) in [5, 5.41) is 4.31. The molecule has 1 amide bonds. The van der Waals surface area contributed by atoms with E-state index >= 15 is 0 Å². The summed E-state index contributed by atoms with van der Waals surface area (Å²) in [6, 6.07) is 6.05. The molecule has 2 aromatic rings. The number of carbonyl (C=O) groups excluding carboxylic acids is 2. The Morgan fingerprint density at radius 1 is 1.21 bits per heavy atom. The molecule has 7 heteroatoms. The van der Waals surface area contributed by atoms with Gasteiger partial charge < -0.3 is 14.4 Å². The van der Waals surface area contributed by atoms with Crippen LogP contribution in [0.1, 0.15) is 52.6 Å². The first-order chi connectivity index (χ1) is 13.9. The number of nitrogens with zero attached hydrogens (tertiary/aromatic N) is 3. The molecule has 0 atom stereocenters. The summed E-state index contributed by atoms with van der Waals surface area (Å²) >= 11 is 0. The topological polar surface area (TPSA) is 73.7 Å². The molecule has 0 aliphatic carbocycles. The molecule has 0 bridgehead atoms. The average molecular weight is 399 g/mol. The van der Waals surface area contributed by atoms with Crippen LogP contribution in [0.5, 0.6) is 5.75 Å². The predicted molar refractivity (Wildman–Crippen MR) is 109 cm³/mol. The van der Waals surface area contributed by atoms with Gasteiger partial charge in [-0.05, 0) is 38.3 Å². The summed E-state index contributed by atoms with van der Waals surface area (Å²) in [4.78, 5) is 26.7. The molecule has 29 heavy (non-hydrogen) atoms. The number of rotatable bonds is 7. The fraction of sp³-hybridized carbons (Fsp3) is 0.500. The maximum absolute atomic E-state index is 12.7. The van der Waals surface area contributed by atoms with Gasteiger partial charge in [0.1, 0.15) is 5.75 Å². The van der Waals surface area contributed by atoms with Crippen molar-refractivity contribution in [3.63, 3.8) is 0 Å². The van der Waals surface area contributed by atoms with Gasteiger partial charge in [-0.3, -0.25) is 9.48 Å². The van der Waals surface area contributed by atoms with E-state index in [1.54, 1.807) is 16.5 Å². The summed E-state index contributed by atoms with van der Waals surface area (Å²) in [6.45, 7) is 7.63. The lowest BCUT2D eigenvalue weighted by Gasteiger charge is -2.27. The lowest BCUT2D eigenvalue weighted by atomic mass is 10.0. The van der Waals surface area contributed by atoms with Crippen LogP contribution in [-0.4, -0.2) is 46.3 Å². The molecule has 1 aromatic carbocycles. The Labute approximate surface area is 171 Å². The Kier molecular flexibility index (Phi) is 6.56. The molecule has 1 aliphatic rings. The number of benzene rings is 1. The fourth-order valence-corrected chi connectivity index (χ4v) is 3.75. The van der Waals surface area contributed by atoms with Gasteiger partial charge in [0.25, 0.3) is 0 Å². The smallest absolute Gasteiger partial charge is 0.359 e. The quantitative estimate of drug-likeness (QED) is 0.529. The van der Waals surface area contributed by atoms with Gasteiger partial charge >= 0.3 is 5.97 Å². The second kappa shape index (κ2) is 9.11. The largest absolute Gasteiger partial charge is 0.493 e. The molecule has 0 spiro atoms. The average Bonchev–Trinajstić information content (AvgIpc) is 3.03. The SMILES string of the molecule is CCOC(=O)c1nn(C)c2c1CN(C(=O)CCCOc1c(C)cccc1C)CC2. The summed E-state index contributed by atoms with van der Waals surface area (Å²) < 4.78 is 12.7. The van der Waals surface area contributed by atoms with Crippen molar-refractivity contribution in [2.45, 2.75) is 46.6 Å². The molecule has 2 heterocycles. The molecule has 7 nitrogen and oxygen atoms in total. The minimum absolute atomic E-state index is 0.0689. The van der Waals surface area contributed by atoms with Crippen molar-refractivity contribution in [3.05, 3.63) is 46.3 Å². The van der Waals surface area contributed by atoms with Gasteiger partial charge in [0.2, 0.25) is 5.91 Å². The van der Waals surface area contributed by atoms with Crippen molar-refractivity contribution in [1.29, 1.82) is 0 Å². The maximum atomic E-state index is 12.7. The van der Waals surface area contributed by atoms with Crippen molar-refractivity contribution in [1.82, 2.24) is 14.7 Å². The first-order valence-electron chi connectivity index (χ1n) is 10.1. The number of hydrogen-bond donors (Lipinski definition) is 0. The molecule has 0 saturated heterocycles. The van der Waals surface area contributed by atoms with Crippen LogP contribution in [0.2, 0.25) is 0 Å². The molecule has 156 valence electrons. The van der Waals surface area contributed by atoms with Gasteiger partial charge in [-0.2, -0.15) is 5.10 Å². The predicted octanol–water partition coefficient (Wildman–Crippen LogP) is 2.96. The Morgan fingerprint density at radius 3 is 2.62 bits per heavy atom. The first kappa shape index (κ1) is 20.9. The first-order valence-corrected chi connectivity index (χ1v) is 10.1. The Balaban J connectivity index is 1.56. The van der Waals surface area contributed by atoms with Crippen LogP contribution in [0, 0.1) is 13.8 Å². The molecule has 0 saturated carbocycles. The highest BCUT2D eigenvalue weighted by Crippen LogP contribution is 2.24. The number of amides is 1. The number of carbonyl (C=O) groups is 2. The standard InChI is InChI=1S/C22H29N3O4/c1-5-28-22(27)20-17-14-25(12-11-18(17)24(4)23-20)19(26)10-7-13-29-21-15(2)8-6-9-16(21)3/h6,8-9H,5,7,10-14H2,1-4H3. The summed E-state index contributed by atoms with van der Waals surface area (Å²) in [7, 11) is 1.82. The second-order valence-corrected chi connectivity index (χ2v) is 7.36. The molecular weight excluding hydrogens is 370 g/mol. The van der Waals surface area contributed by atoms with Crippen LogP contribution in [-0.2, 0) is 29.5 Å². The van der Waals surface area contributed by atoms with Crippen molar-refractivity contribution >= 4 is 11.9 Å². The highest BCUT2D eigenvalue weighted by Gasteiger charge is 2.29. The molecular formula is C22H29N3O4. The normalized spacial score (nSPS) is 13.2. The highest BCUT2D eigenvalue weighted by molar-refractivity contribution is 5.89. The van der Waals surface area contributed by atoms with Gasteiger partial charge in [0, 0.05) is 44.2 Å². The third kappa shape index (κ3) is 4.60. The highest BCUT2D eigenvalue weighted by atomic mass is 16.5. The number of esters is 1. The lowest BCUT2D eigenvalue weighted by Crippen LogP contribution is -2.36. The van der Waals surface area contributed by atoms with Gasteiger partial charge in [0.15, 0.2) is 5.69 Å². The summed E-state index contributed by atoms with van der Waals surface area (Å²) in [5.41, 5.74) is 4.32. The van der Waals surface area contributed by atoms with Crippen LogP contribution in [0.3, 0.4) is 0 Å². The van der Waals surface area contributed by atoms with Crippen molar-refractivity contribution in [2.75, 3.05) is 19.8 Å². The Hall–Kier alpha value is -2.83. The Bertz CT molecular complexity index is 883. The number of para-hydroxylation sites is 1. The zero-order chi connectivity index (χ0) is 21.0. The molecule has 0 unspecified atom stereocenters. The van der Waals surface area contributed by atoms with Crippen LogP contribution in [0.4, 0.5) is 0 Å². The third-order valence-corrected chi connectivity index (χ3v) is 5.25. The van der Waals surface area contributed by atoms with Crippen LogP contribution in [0.25, 0.3) is 0 Å². The minimum atomic E-state index is -0.430. The zero-order valence-electron chi connectivity index (χ0n) is 17.7. The molecule has 0 N–H and O–H groups in total. The van der Waals surface area contributed by atoms with Gasteiger partial charge in [-0.1, -0.05) is 18.2 Å². The maximum Gasteiger partial charge on any atom is 0.359 e. The van der Waals surface area contributed by atoms with E-state index in [1.165, 1.54) is 0 Å². The van der Waals surface area contributed by atoms with Crippen LogP contribution < -0.4 is 4.74 Å². The molecule has 0 fully saturated rings. The van der Waals surface area contributed by atoms with Crippen molar-refractivity contribution < 1.29 is 19.1 Å². The van der Waals surface area contributed by atoms with E-state index in [1.807, 2.05) is 39.1 Å². The third-order valence-electron chi connectivity index (χ3n) is 5.25. The van der Waals surface area contributed by atoms with E-state index in [0.717, 1.165) is 28.1 Å². The van der Waals surface area contributed by atoms with E-state index in [0.29, 0.717) is 51.3 Å². The number of aromatic nitrogens is 2. The Morgan fingerprint density at radius 2 is 1.93 bits per heavy atom. The van der Waals surface area contributed by atoms with Crippen molar-refractivity contribution in [3.8, 4) is 5.75 Å². The van der Waals surface area contributed by atoms with Gasteiger partial charge in [0.05, 0.1) is 13.2 Å². The van der Waals surface area contributed by atoms with E-state index in [4.69, 9.17) is 9.47 Å². The van der Waals surface area contributed by atoms with Gasteiger partial charge in [-0.15, -0.1) is 0 Å². The second-order valence-electron chi connectivity index (χ2n) is 7.36. The number of hydrogen-bond acceptors (Lipinski definition) is 5.